The van der Waals surface area contributed by atoms with Crippen LogP contribution in [-0.4, -0.2) is 31.4 Å². The van der Waals surface area contributed by atoms with Crippen LogP contribution in [0.2, 0.25) is 5.02 Å². The minimum absolute atomic E-state index is 0.251. The molecule has 0 atom stereocenters. The molecule has 1 aliphatic heterocycles. The van der Waals surface area contributed by atoms with Gasteiger partial charge in [0.25, 0.3) is 6.43 Å². The highest BCUT2D eigenvalue weighted by Gasteiger charge is 2.52. The van der Waals surface area contributed by atoms with Crippen molar-refractivity contribution < 1.29 is 22.8 Å². The third-order valence-corrected chi connectivity index (χ3v) is 4.08. The highest BCUT2D eigenvalue weighted by Crippen LogP contribution is 2.37. The van der Waals surface area contributed by atoms with Crippen LogP contribution in [0.4, 0.5) is 8.78 Å². The molecule has 0 spiro atoms. The van der Waals surface area contributed by atoms with Crippen molar-refractivity contribution in [3.63, 3.8) is 0 Å². The Bertz CT molecular complexity index is 507. The van der Waals surface area contributed by atoms with Crippen LogP contribution in [0, 0.1) is 0 Å². The Morgan fingerprint density at radius 1 is 1.19 bits per heavy atom. The highest BCUT2D eigenvalue weighted by atomic mass is 35.5. The molecule has 1 aromatic carbocycles. The lowest BCUT2D eigenvalue weighted by Crippen LogP contribution is -2.41. The lowest BCUT2D eigenvalue weighted by molar-refractivity contribution is 0.00578. The summed E-state index contributed by atoms with van der Waals surface area (Å²) in [6, 6.07) is 4.81. The summed E-state index contributed by atoms with van der Waals surface area (Å²) in [6.45, 7) is 6.98. The number of hydrogen-bond donors (Lipinski definition) is 0. The van der Waals surface area contributed by atoms with Gasteiger partial charge in [0, 0.05) is 10.5 Å². The van der Waals surface area contributed by atoms with Crippen LogP contribution >= 0.6 is 11.6 Å². The van der Waals surface area contributed by atoms with Gasteiger partial charge in [-0.15, -0.1) is 0 Å². The van der Waals surface area contributed by atoms with E-state index in [2.05, 4.69) is 0 Å². The fourth-order valence-corrected chi connectivity index (χ4v) is 2.11. The summed E-state index contributed by atoms with van der Waals surface area (Å²) >= 11 is 5.90. The van der Waals surface area contributed by atoms with Crippen LogP contribution in [0.25, 0.3) is 0 Å². The van der Waals surface area contributed by atoms with Crippen LogP contribution in [0.3, 0.4) is 0 Å². The van der Waals surface area contributed by atoms with Gasteiger partial charge in [-0.2, -0.15) is 0 Å². The van der Waals surface area contributed by atoms with Gasteiger partial charge in [-0.1, -0.05) is 17.7 Å². The summed E-state index contributed by atoms with van der Waals surface area (Å²) in [6.07, 6.45) is -2.56. The minimum Gasteiger partial charge on any atom is -0.488 e. The van der Waals surface area contributed by atoms with Crippen LogP contribution < -0.4 is 10.2 Å². The Labute approximate surface area is 128 Å². The maximum absolute atomic E-state index is 12.4. The van der Waals surface area contributed by atoms with Crippen molar-refractivity contribution in [2.75, 3.05) is 6.61 Å². The quantitative estimate of drug-likeness (QED) is 0.797. The minimum atomic E-state index is -2.56. The zero-order chi connectivity index (χ0) is 15.8. The molecule has 0 aromatic heterocycles. The molecule has 0 unspecified atom stereocenters. The number of ether oxygens (including phenoxy) is 1. The Balaban J connectivity index is 2.28. The molecule has 7 heteroatoms. The molecular formula is C14H18BClF2O3. The monoisotopic (exact) mass is 318 g/mol. The summed E-state index contributed by atoms with van der Waals surface area (Å²) in [4.78, 5) is 0. The van der Waals surface area contributed by atoms with Gasteiger partial charge in [-0.25, -0.2) is 8.78 Å². The molecule has 116 valence electrons. The highest BCUT2D eigenvalue weighted by molar-refractivity contribution is 6.63. The van der Waals surface area contributed by atoms with E-state index in [1.54, 1.807) is 12.1 Å². The summed E-state index contributed by atoms with van der Waals surface area (Å²) < 4.78 is 41.7. The van der Waals surface area contributed by atoms with Crippen molar-refractivity contribution in [1.29, 1.82) is 0 Å². The Morgan fingerprint density at radius 3 is 2.29 bits per heavy atom. The molecule has 1 saturated heterocycles. The first-order chi connectivity index (χ1) is 9.62. The van der Waals surface area contributed by atoms with Gasteiger partial charge in [0.2, 0.25) is 0 Å². The predicted molar refractivity (Wildman–Crippen MR) is 78.7 cm³/mol. The first-order valence-corrected chi connectivity index (χ1v) is 7.06. The molecule has 0 aliphatic carbocycles. The second-order valence-electron chi connectivity index (χ2n) is 5.97. The predicted octanol–water partition coefficient (Wildman–Crippen LogP) is 3.28. The number of alkyl halides is 2. The van der Waals surface area contributed by atoms with Gasteiger partial charge in [0.1, 0.15) is 12.4 Å². The second kappa shape index (κ2) is 5.74. The van der Waals surface area contributed by atoms with E-state index in [1.807, 2.05) is 27.7 Å². The zero-order valence-electron chi connectivity index (χ0n) is 12.5. The van der Waals surface area contributed by atoms with Gasteiger partial charge in [-0.05, 0) is 39.8 Å². The number of hydrogen-bond acceptors (Lipinski definition) is 3. The molecular weight excluding hydrogens is 300 g/mol. The average Bonchev–Trinajstić information content (AvgIpc) is 2.55. The third kappa shape index (κ3) is 3.50. The molecule has 21 heavy (non-hydrogen) atoms. The van der Waals surface area contributed by atoms with Crippen molar-refractivity contribution >= 4 is 24.2 Å². The fourth-order valence-electron chi connectivity index (χ4n) is 1.95. The van der Waals surface area contributed by atoms with E-state index in [4.69, 9.17) is 25.6 Å². The lowest BCUT2D eigenvalue weighted by Gasteiger charge is -2.32. The van der Waals surface area contributed by atoms with Crippen molar-refractivity contribution in [3.05, 3.63) is 23.2 Å². The van der Waals surface area contributed by atoms with E-state index >= 15 is 0 Å². The molecule has 1 aromatic rings. The first kappa shape index (κ1) is 16.5. The van der Waals surface area contributed by atoms with Gasteiger partial charge in [0.15, 0.2) is 0 Å². The Kier molecular flexibility index (Phi) is 4.52. The summed E-state index contributed by atoms with van der Waals surface area (Å²) in [5.41, 5.74) is -0.479. The fraction of sp³-hybridized carbons (Fsp3) is 0.571. The van der Waals surface area contributed by atoms with E-state index in [0.29, 0.717) is 10.5 Å². The number of rotatable bonds is 4. The second-order valence-corrected chi connectivity index (χ2v) is 6.41. The summed E-state index contributed by atoms with van der Waals surface area (Å²) in [5.74, 6) is 0.251. The zero-order valence-corrected chi connectivity index (χ0v) is 13.2. The first-order valence-electron chi connectivity index (χ1n) is 6.68. The summed E-state index contributed by atoms with van der Waals surface area (Å²) in [5, 5.41) is 0.402. The number of benzene rings is 1. The Morgan fingerprint density at radius 2 is 1.76 bits per heavy atom. The maximum Gasteiger partial charge on any atom is 0.498 e. The molecule has 0 N–H and O–H groups in total. The maximum atomic E-state index is 12.4. The SMILES string of the molecule is CC1(C)OB(c2ccc(Cl)cc2OCC(F)F)OC1(C)C. The van der Waals surface area contributed by atoms with Gasteiger partial charge in [-0.3, -0.25) is 0 Å². The average molecular weight is 319 g/mol. The molecule has 0 amide bonds. The van der Waals surface area contributed by atoms with E-state index in [-0.39, 0.29) is 5.75 Å². The topological polar surface area (TPSA) is 27.7 Å². The molecule has 3 nitrogen and oxygen atoms in total. The molecule has 0 bridgehead atoms. The van der Waals surface area contributed by atoms with Crippen LogP contribution in [0.1, 0.15) is 27.7 Å². The number of halogens is 3. The molecule has 1 fully saturated rings. The molecule has 0 saturated carbocycles. The van der Waals surface area contributed by atoms with Crippen molar-refractivity contribution in [3.8, 4) is 5.75 Å². The lowest BCUT2D eigenvalue weighted by atomic mass is 9.78. The van der Waals surface area contributed by atoms with E-state index in [0.717, 1.165) is 0 Å². The standard InChI is InChI=1S/C14H18BClF2O3/c1-13(2)14(3,4)21-15(20-13)10-6-5-9(16)7-11(10)19-8-12(17)18/h5-7,12H,8H2,1-4H3. The van der Waals surface area contributed by atoms with Crippen molar-refractivity contribution in [2.24, 2.45) is 0 Å². The smallest absolute Gasteiger partial charge is 0.488 e. The molecule has 1 aliphatic rings. The van der Waals surface area contributed by atoms with Crippen LogP contribution in [-0.2, 0) is 9.31 Å². The van der Waals surface area contributed by atoms with Crippen LogP contribution in [0.15, 0.2) is 18.2 Å². The summed E-state index contributed by atoms with van der Waals surface area (Å²) in [7, 11) is -0.681. The molecule has 2 rings (SSSR count). The van der Waals surface area contributed by atoms with Gasteiger partial charge < -0.3 is 14.0 Å². The van der Waals surface area contributed by atoms with E-state index in [9.17, 15) is 8.78 Å². The normalized spacial score (nSPS) is 20.1. The molecule has 0 radical (unpaired) electrons. The molecule has 1 heterocycles. The van der Waals surface area contributed by atoms with Gasteiger partial charge in [0.05, 0.1) is 11.2 Å². The Hall–Kier alpha value is -0.845. The largest absolute Gasteiger partial charge is 0.498 e. The van der Waals surface area contributed by atoms with Crippen molar-refractivity contribution in [2.45, 2.75) is 45.3 Å². The van der Waals surface area contributed by atoms with Crippen molar-refractivity contribution in [1.82, 2.24) is 0 Å². The van der Waals surface area contributed by atoms with Crippen LogP contribution in [0.5, 0.6) is 5.75 Å². The van der Waals surface area contributed by atoms with E-state index in [1.165, 1.54) is 6.07 Å². The third-order valence-electron chi connectivity index (χ3n) is 3.85. The van der Waals surface area contributed by atoms with Gasteiger partial charge >= 0.3 is 7.12 Å². The van der Waals surface area contributed by atoms with E-state index < -0.39 is 31.4 Å².